The topological polar surface area (TPSA) is 44.1 Å². The number of aromatic nitrogens is 2. The van der Waals surface area contributed by atoms with Gasteiger partial charge in [-0.3, -0.25) is 9.36 Å². The smallest absolute Gasteiger partial charge is 0.271 e. The Hall–Kier alpha value is -1.20. The fourth-order valence-corrected chi connectivity index (χ4v) is 3.19. The molecule has 0 aromatic carbocycles. The van der Waals surface area contributed by atoms with Crippen molar-refractivity contribution in [2.75, 3.05) is 13.2 Å². The van der Waals surface area contributed by atoms with Gasteiger partial charge in [-0.2, -0.15) is 0 Å². The molecule has 2 aromatic rings. The van der Waals surface area contributed by atoms with Gasteiger partial charge in [-0.25, -0.2) is 4.98 Å². The van der Waals surface area contributed by atoms with Gasteiger partial charge in [0.15, 0.2) is 0 Å². The van der Waals surface area contributed by atoms with E-state index in [4.69, 9.17) is 4.74 Å². The van der Waals surface area contributed by atoms with Crippen LogP contribution in [0.4, 0.5) is 0 Å². The highest BCUT2D eigenvalue weighted by molar-refractivity contribution is 7.17. The van der Waals surface area contributed by atoms with Crippen LogP contribution in [0.2, 0.25) is 0 Å². The first kappa shape index (κ1) is 11.9. The summed E-state index contributed by atoms with van der Waals surface area (Å²) in [7, 11) is 0. The Bertz CT molecular complexity index is 584. The number of hydrogen-bond donors (Lipinski definition) is 0. The van der Waals surface area contributed by atoms with Crippen LogP contribution in [0.3, 0.4) is 0 Å². The highest BCUT2D eigenvalue weighted by Gasteiger charge is 2.14. The number of ether oxygens (including phenoxy) is 1. The molecule has 3 heterocycles. The molecular formula is C13H16N2O2S. The second kappa shape index (κ2) is 5.20. The quantitative estimate of drug-likeness (QED) is 0.854. The lowest BCUT2D eigenvalue weighted by Gasteiger charge is -2.21. The lowest BCUT2D eigenvalue weighted by Crippen LogP contribution is -2.23. The van der Waals surface area contributed by atoms with Crippen LogP contribution in [0, 0.1) is 5.92 Å². The molecule has 0 N–H and O–H groups in total. The monoisotopic (exact) mass is 264 g/mol. The molecule has 0 amide bonds. The van der Waals surface area contributed by atoms with Crippen LogP contribution in [0.15, 0.2) is 22.6 Å². The lowest BCUT2D eigenvalue weighted by molar-refractivity contribution is 0.0625. The lowest BCUT2D eigenvalue weighted by atomic mass is 9.97. The second-order valence-corrected chi connectivity index (χ2v) is 5.64. The van der Waals surface area contributed by atoms with Gasteiger partial charge in [-0.1, -0.05) is 0 Å². The van der Waals surface area contributed by atoms with Crippen molar-refractivity contribution in [3.63, 3.8) is 0 Å². The highest BCUT2D eigenvalue weighted by atomic mass is 32.1. The van der Waals surface area contributed by atoms with Crippen LogP contribution in [0.1, 0.15) is 19.3 Å². The Labute approximate surface area is 109 Å². The zero-order valence-corrected chi connectivity index (χ0v) is 11.0. The van der Waals surface area contributed by atoms with Crippen molar-refractivity contribution in [3.05, 3.63) is 28.1 Å². The fourth-order valence-electron chi connectivity index (χ4n) is 2.39. The van der Waals surface area contributed by atoms with Crippen molar-refractivity contribution in [2.24, 2.45) is 5.92 Å². The van der Waals surface area contributed by atoms with Gasteiger partial charge in [0.25, 0.3) is 5.56 Å². The first-order valence-electron chi connectivity index (χ1n) is 6.35. The van der Waals surface area contributed by atoms with E-state index < -0.39 is 0 Å². The van der Waals surface area contributed by atoms with Crippen LogP contribution in [0.5, 0.6) is 0 Å². The van der Waals surface area contributed by atoms with E-state index in [1.807, 2.05) is 11.4 Å². The third-order valence-corrected chi connectivity index (χ3v) is 4.45. The third kappa shape index (κ3) is 2.33. The molecule has 96 valence electrons. The van der Waals surface area contributed by atoms with Crippen LogP contribution in [-0.2, 0) is 11.3 Å². The SMILES string of the molecule is O=c1c2sccc2ncn1CCC1CCOCC1. The van der Waals surface area contributed by atoms with Gasteiger partial charge in [0.1, 0.15) is 4.70 Å². The summed E-state index contributed by atoms with van der Waals surface area (Å²) in [5.74, 6) is 0.685. The van der Waals surface area contributed by atoms with Crippen molar-refractivity contribution in [2.45, 2.75) is 25.8 Å². The molecule has 1 aliphatic rings. The van der Waals surface area contributed by atoms with Gasteiger partial charge >= 0.3 is 0 Å². The molecule has 5 heteroatoms. The minimum absolute atomic E-state index is 0.0991. The van der Waals surface area contributed by atoms with Crippen molar-refractivity contribution < 1.29 is 4.74 Å². The predicted molar refractivity (Wildman–Crippen MR) is 72.0 cm³/mol. The van der Waals surface area contributed by atoms with E-state index in [2.05, 4.69) is 4.98 Å². The minimum atomic E-state index is 0.0991. The Morgan fingerprint density at radius 1 is 1.44 bits per heavy atom. The van der Waals surface area contributed by atoms with Crippen LogP contribution < -0.4 is 5.56 Å². The maximum atomic E-state index is 12.2. The summed E-state index contributed by atoms with van der Waals surface area (Å²) in [6.45, 7) is 2.49. The number of nitrogens with zero attached hydrogens (tertiary/aromatic N) is 2. The zero-order valence-electron chi connectivity index (χ0n) is 10.2. The van der Waals surface area contributed by atoms with E-state index in [0.29, 0.717) is 5.92 Å². The predicted octanol–water partition coefficient (Wildman–Crippen LogP) is 2.27. The molecule has 3 rings (SSSR count). The average molecular weight is 264 g/mol. The van der Waals surface area contributed by atoms with Crippen molar-refractivity contribution in [1.82, 2.24) is 9.55 Å². The van der Waals surface area contributed by atoms with E-state index in [1.165, 1.54) is 11.3 Å². The normalized spacial score (nSPS) is 17.3. The standard InChI is InChI=1S/C13H16N2O2S/c16-13-12-11(4-8-18-12)14-9-15(13)5-1-10-2-6-17-7-3-10/h4,8-10H,1-3,5-7H2. The number of aryl methyl sites for hydroxylation is 1. The van der Waals surface area contributed by atoms with Gasteiger partial charge < -0.3 is 4.74 Å². The van der Waals surface area contributed by atoms with Gasteiger partial charge in [-0.15, -0.1) is 11.3 Å². The molecule has 1 saturated heterocycles. The first-order chi connectivity index (χ1) is 8.84. The summed E-state index contributed by atoms with van der Waals surface area (Å²) in [5, 5.41) is 1.92. The number of rotatable bonds is 3. The zero-order chi connectivity index (χ0) is 12.4. The largest absolute Gasteiger partial charge is 0.381 e. The van der Waals surface area contributed by atoms with Crippen LogP contribution >= 0.6 is 11.3 Å². The molecule has 18 heavy (non-hydrogen) atoms. The molecule has 4 nitrogen and oxygen atoms in total. The third-order valence-electron chi connectivity index (χ3n) is 3.55. The summed E-state index contributed by atoms with van der Waals surface area (Å²) in [6, 6.07) is 1.89. The van der Waals surface area contributed by atoms with E-state index in [1.54, 1.807) is 10.9 Å². The molecule has 0 unspecified atom stereocenters. The van der Waals surface area contributed by atoms with Gasteiger partial charge in [-0.05, 0) is 36.6 Å². The van der Waals surface area contributed by atoms with E-state index in [-0.39, 0.29) is 5.56 Å². The van der Waals surface area contributed by atoms with Crippen LogP contribution in [0.25, 0.3) is 10.2 Å². The molecule has 0 atom stereocenters. The molecule has 0 saturated carbocycles. The average Bonchev–Trinajstić information content (AvgIpc) is 2.88. The molecule has 0 radical (unpaired) electrons. The van der Waals surface area contributed by atoms with Gasteiger partial charge in [0.2, 0.25) is 0 Å². The van der Waals surface area contributed by atoms with E-state index in [0.717, 1.165) is 49.2 Å². The molecule has 2 aromatic heterocycles. The molecule has 0 spiro atoms. The Morgan fingerprint density at radius 2 is 2.28 bits per heavy atom. The molecule has 1 fully saturated rings. The fraction of sp³-hybridized carbons (Fsp3) is 0.538. The second-order valence-electron chi connectivity index (χ2n) is 4.72. The highest BCUT2D eigenvalue weighted by Crippen LogP contribution is 2.19. The molecule has 0 bridgehead atoms. The van der Waals surface area contributed by atoms with Gasteiger partial charge in [0, 0.05) is 19.8 Å². The molecule has 0 aliphatic carbocycles. The number of fused-ring (bicyclic) bond motifs is 1. The Kier molecular flexibility index (Phi) is 3.43. The van der Waals surface area contributed by atoms with Crippen molar-refractivity contribution in [1.29, 1.82) is 0 Å². The minimum Gasteiger partial charge on any atom is -0.381 e. The summed E-state index contributed by atoms with van der Waals surface area (Å²) >= 11 is 1.47. The van der Waals surface area contributed by atoms with E-state index in [9.17, 15) is 4.79 Å². The van der Waals surface area contributed by atoms with Crippen LogP contribution in [-0.4, -0.2) is 22.8 Å². The number of hydrogen-bond acceptors (Lipinski definition) is 4. The summed E-state index contributed by atoms with van der Waals surface area (Å²) in [5.41, 5.74) is 0.911. The molecular weight excluding hydrogens is 248 g/mol. The Morgan fingerprint density at radius 3 is 3.11 bits per heavy atom. The first-order valence-corrected chi connectivity index (χ1v) is 7.23. The maximum absolute atomic E-state index is 12.2. The Balaban J connectivity index is 1.74. The van der Waals surface area contributed by atoms with E-state index >= 15 is 0 Å². The van der Waals surface area contributed by atoms with Crippen molar-refractivity contribution >= 4 is 21.6 Å². The maximum Gasteiger partial charge on any atom is 0.271 e. The number of thiophene rings is 1. The molecule has 1 aliphatic heterocycles. The summed E-state index contributed by atoms with van der Waals surface area (Å²) < 4.78 is 7.86. The summed E-state index contributed by atoms with van der Waals surface area (Å²) in [4.78, 5) is 16.5. The van der Waals surface area contributed by atoms with Gasteiger partial charge in [0.05, 0.1) is 11.8 Å². The van der Waals surface area contributed by atoms with Crippen molar-refractivity contribution in [3.8, 4) is 0 Å². The summed E-state index contributed by atoms with van der Waals surface area (Å²) in [6.07, 6.45) is 4.95.